The van der Waals surface area contributed by atoms with Crippen molar-refractivity contribution in [3.8, 4) is 0 Å². The minimum atomic E-state index is -3.80. The van der Waals surface area contributed by atoms with Crippen LogP contribution < -0.4 is 9.62 Å². The fourth-order valence-corrected chi connectivity index (χ4v) is 8.19. The summed E-state index contributed by atoms with van der Waals surface area (Å²) in [6.45, 7) is 0.716. The summed E-state index contributed by atoms with van der Waals surface area (Å²) in [7, 11) is -7.53. The highest BCUT2D eigenvalue weighted by atomic mass is 79.9. The molecule has 0 saturated carbocycles. The van der Waals surface area contributed by atoms with Crippen LogP contribution in [0.1, 0.15) is 18.4 Å². The van der Waals surface area contributed by atoms with E-state index in [0.717, 1.165) is 10.0 Å². The van der Waals surface area contributed by atoms with E-state index in [0.29, 0.717) is 48.7 Å². The Morgan fingerprint density at radius 3 is 2.26 bits per heavy atom. The molecule has 2 aliphatic rings. The number of carbonyl (C=O) groups is 1. The number of amides is 1. The summed E-state index contributed by atoms with van der Waals surface area (Å²) in [5.74, 6) is -0.832. The van der Waals surface area contributed by atoms with Crippen LogP contribution in [0.25, 0.3) is 0 Å². The molecule has 0 radical (unpaired) electrons. The van der Waals surface area contributed by atoms with Crippen LogP contribution in [0.15, 0.2) is 81.0 Å². The Morgan fingerprint density at radius 1 is 0.895 bits per heavy atom. The highest BCUT2D eigenvalue weighted by Gasteiger charge is 2.34. The highest BCUT2D eigenvalue weighted by Crippen LogP contribution is 2.35. The molecule has 38 heavy (non-hydrogen) atoms. The van der Waals surface area contributed by atoms with Crippen molar-refractivity contribution in [1.82, 2.24) is 4.31 Å². The summed E-state index contributed by atoms with van der Waals surface area (Å²) < 4.78 is 56.3. The molecule has 12 heteroatoms. The van der Waals surface area contributed by atoms with Gasteiger partial charge in [-0.2, -0.15) is 4.31 Å². The lowest BCUT2D eigenvalue weighted by molar-refractivity contribution is -0.120. The predicted octanol–water partition coefficient (Wildman–Crippen LogP) is 4.89. The van der Waals surface area contributed by atoms with Crippen molar-refractivity contribution in [3.05, 3.63) is 81.8 Å². The van der Waals surface area contributed by atoms with Crippen LogP contribution in [0.3, 0.4) is 0 Å². The number of hydrogen-bond donors (Lipinski definition) is 1. The largest absolute Gasteiger partial charge is 0.326 e. The number of carbonyl (C=O) groups excluding carboxylic acids is 1. The lowest BCUT2D eigenvalue weighted by Crippen LogP contribution is -2.43. The van der Waals surface area contributed by atoms with Gasteiger partial charge in [0.15, 0.2) is 0 Å². The topological polar surface area (TPSA) is 104 Å². The van der Waals surface area contributed by atoms with Crippen LogP contribution in [0.2, 0.25) is 5.02 Å². The van der Waals surface area contributed by atoms with E-state index < -0.39 is 26.0 Å². The number of piperidine rings is 1. The normalized spacial score (nSPS) is 18.3. The van der Waals surface area contributed by atoms with Gasteiger partial charge in [0, 0.05) is 34.8 Å². The fraction of sp³-hybridized carbons (Fsp3) is 0.269. The van der Waals surface area contributed by atoms with Crippen LogP contribution in [0, 0.1) is 5.92 Å². The monoisotopic (exact) mass is 637 g/mol. The fourth-order valence-electron chi connectivity index (χ4n) is 4.79. The lowest BCUT2D eigenvalue weighted by atomic mass is 9.98. The minimum absolute atomic E-state index is 0.0756. The van der Waals surface area contributed by atoms with E-state index in [1.807, 2.05) is 6.07 Å². The maximum atomic E-state index is 13.3. The van der Waals surface area contributed by atoms with Crippen LogP contribution in [-0.2, 0) is 31.3 Å². The van der Waals surface area contributed by atoms with Gasteiger partial charge in [0.25, 0.3) is 10.0 Å². The van der Waals surface area contributed by atoms with E-state index >= 15 is 0 Å². The number of nitrogens with one attached hydrogen (secondary N) is 1. The zero-order chi connectivity index (χ0) is 27.1. The van der Waals surface area contributed by atoms with Gasteiger partial charge in [-0.25, -0.2) is 16.8 Å². The SMILES string of the molecule is O=C(Nc1ccc2c(c1)N(S(=O)(=O)c1ccc(Cl)cc1)CC2)[C@@H]1CCCN(S(=O)(=O)c2ccc(Br)cc2)C1. The Kier molecular flexibility index (Phi) is 7.58. The van der Waals surface area contributed by atoms with Crippen molar-refractivity contribution >= 4 is 64.9 Å². The molecule has 1 fully saturated rings. The minimum Gasteiger partial charge on any atom is -0.326 e. The number of fused-ring (bicyclic) bond motifs is 1. The van der Waals surface area contributed by atoms with Gasteiger partial charge in [0.1, 0.15) is 0 Å². The predicted molar refractivity (Wildman–Crippen MR) is 150 cm³/mol. The second kappa shape index (κ2) is 10.6. The van der Waals surface area contributed by atoms with E-state index in [1.54, 1.807) is 24.3 Å². The maximum Gasteiger partial charge on any atom is 0.264 e. The molecule has 0 aliphatic carbocycles. The van der Waals surface area contributed by atoms with Gasteiger partial charge in [-0.05, 0) is 85.5 Å². The van der Waals surface area contributed by atoms with Crippen LogP contribution >= 0.6 is 27.5 Å². The first-order valence-electron chi connectivity index (χ1n) is 12.0. The molecule has 8 nitrogen and oxygen atoms in total. The Hall–Kier alpha value is -2.44. The van der Waals surface area contributed by atoms with E-state index in [1.165, 1.54) is 45.0 Å². The Balaban J connectivity index is 1.32. The summed E-state index contributed by atoms with van der Waals surface area (Å²) in [6.07, 6.45) is 1.67. The molecule has 1 amide bonds. The number of sulfonamides is 2. The highest BCUT2D eigenvalue weighted by molar-refractivity contribution is 9.10. The average molecular weight is 639 g/mol. The third-order valence-electron chi connectivity index (χ3n) is 6.81. The number of nitrogens with zero attached hydrogens (tertiary/aromatic N) is 2. The molecule has 3 aromatic carbocycles. The molecule has 1 N–H and O–H groups in total. The van der Waals surface area contributed by atoms with E-state index in [2.05, 4.69) is 21.2 Å². The number of benzene rings is 3. The van der Waals surface area contributed by atoms with Crippen molar-refractivity contribution in [1.29, 1.82) is 0 Å². The van der Waals surface area contributed by atoms with Crippen molar-refractivity contribution in [2.45, 2.75) is 29.1 Å². The summed E-state index contributed by atoms with van der Waals surface area (Å²) in [6, 6.07) is 17.6. The van der Waals surface area contributed by atoms with Crippen LogP contribution in [0.5, 0.6) is 0 Å². The average Bonchev–Trinajstić information content (AvgIpc) is 3.33. The lowest BCUT2D eigenvalue weighted by Gasteiger charge is -2.31. The first kappa shape index (κ1) is 27.1. The first-order valence-corrected chi connectivity index (χ1v) is 16.1. The second-order valence-corrected chi connectivity index (χ2v) is 14.4. The van der Waals surface area contributed by atoms with Crippen molar-refractivity contribution < 1.29 is 21.6 Å². The van der Waals surface area contributed by atoms with Gasteiger partial charge in [0.05, 0.1) is 21.4 Å². The van der Waals surface area contributed by atoms with Gasteiger partial charge in [0.2, 0.25) is 15.9 Å². The molecule has 0 unspecified atom stereocenters. The van der Waals surface area contributed by atoms with Gasteiger partial charge in [-0.15, -0.1) is 0 Å². The molecule has 2 aliphatic heterocycles. The van der Waals surface area contributed by atoms with Gasteiger partial charge in [-0.3, -0.25) is 9.10 Å². The van der Waals surface area contributed by atoms with Crippen LogP contribution in [0.4, 0.5) is 11.4 Å². The number of hydrogen-bond acceptors (Lipinski definition) is 5. The summed E-state index contributed by atoms with van der Waals surface area (Å²) in [5.41, 5.74) is 1.84. The molecule has 200 valence electrons. The quantitative estimate of drug-likeness (QED) is 0.414. The molecule has 1 saturated heterocycles. The van der Waals surface area contributed by atoms with Gasteiger partial charge >= 0.3 is 0 Å². The molecule has 5 rings (SSSR count). The molecule has 0 spiro atoms. The van der Waals surface area contributed by atoms with Crippen molar-refractivity contribution in [2.24, 2.45) is 5.92 Å². The summed E-state index contributed by atoms with van der Waals surface area (Å²) in [4.78, 5) is 13.5. The Morgan fingerprint density at radius 2 is 1.55 bits per heavy atom. The van der Waals surface area contributed by atoms with Crippen molar-refractivity contribution in [2.75, 3.05) is 29.3 Å². The van der Waals surface area contributed by atoms with E-state index in [-0.39, 0.29) is 22.2 Å². The Labute approximate surface area is 235 Å². The second-order valence-electron chi connectivity index (χ2n) is 9.27. The summed E-state index contributed by atoms with van der Waals surface area (Å²) in [5, 5.41) is 3.32. The molecular weight excluding hydrogens is 614 g/mol. The standard InChI is InChI=1S/C26H25BrClN3O5S2/c27-20-4-9-23(10-5-20)37(33,34)30-14-1-2-19(17-30)26(32)29-22-8-3-18-13-15-31(25(18)16-22)38(35,36)24-11-6-21(28)7-12-24/h3-12,16,19H,1-2,13-15,17H2,(H,29,32)/t19-/m1/s1. The number of anilines is 2. The first-order chi connectivity index (χ1) is 18.1. The summed E-state index contributed by atoms with van der Waals surface area (Å²) >= 11 is 9.23. The zero-order valence-corrected chi connectivity index (χ0v) is 24.2. The van der Waals surface area contributed by atoms with Gasteiger partial charge in [-0.1, -0.05) is 33.6 Å². The molecule has 0 aromatic heterocycles. The maximum absolute atomic E-state index is 13.3. The molecule has 0 bridgehead atoms. The molecule has 3 aromatic rings. The molecule has 2 heterocycles. The smallest absolute Gasteiger partial charge is 0.264 e. The third kappa shape index (κ3) is 5.35. The molecule has 1 atom stereocenters. The van der Waals surface area contributed by atoms with E-state index in [9.17, 15) is 21.6 Å². The van der Waals surface area contributed by atoms with Crippen LogP contribution in [-0.4, -0.2) is 46.7 Å². The van der Waals surface area contributed by atoms with E-state index in [4.69, 9.17) is 11.6 Å². The van der Waals surface area contributed by atoms with Crippen molar-refractivity contribution in [3.63, 3.8) is 0 Å². The number of halogens is 2. The van der Waals surface area contributed by atoms with Gasteiger partial charge < -0.3 is 5.32 Å². The number of rotatable bonds is 6. The third-order valence-corrected chi connectivity index (χ3v) is 11.3. The Bertz CT molecular complexity index is 1580. The molecular formula is C26H25BrClN3O5S2. The zero-order valence-electron chi connectivity index (χ0n) is 20.2.